The fourth-order valence-electron chi connectivity index (χ4n) is 7.86. The predicted octanol–water partition coefficient (Wildman–Crippen LogP) is 4.63. The van der Waals surface area contributed by atoms with Crippen molar-refractivity contribution in [3.05, 3.63) is 130 Å². The van der Waals surface area contributed by atoms with Gasteiger partial charge in [-0.15, -0.1) is 5.10 Å². The summed E-state index contributed by atoms with van der Waals surface area (Å²) in [5, 5.41) is 17.1. The van der Waals surface area contributed by atoms with Gasteiger partial charge in [0.2, 0.25) is 17.7 Å². The third kappa shape index (κ3) is 9.39. The highest BCUT2D eigenvalue weighted by Gasteiger charge is 2.31. The largest absolute Gasteiger partial charge is 0.476 e. The molecule has 63 heavy (non-hydrogen) atoms. The molecular formula is C46H45N9O7S. The normalized spacial score (nSPS) is 14.2. The van der Waals surface area contributed by atoms with Crippen LogP contribution in [0.1, 0.15) is 52.5 Å². The summed E-state index contributed by atoms with van der Waals surface area (Å²) in [6.07, 6.45) is 4.84. The van der Waals surface area contributed by atoms with Gasteiger partial charge >= 0.3 is 5.69 Å². The molecule has 16 nitrogen and oxygen atoms in total. The zero-order chi connectivity index (χ0) is 44.3. The summed E-state index contributed by atoms with van der Waals surface area (Å²) >= 11 is 0. The van der Waals surface area contributed by atoms with E-state index >= 15 is 0 Å². The van der Waals surface area contributed by atoms with Gasteiger partial charge in [-0.05, 0) is 104 Å². The molecule has 17 heteroatoms. The predicted molar refractivity (Wildman–Crippen MR) is 237 cm³/mol. The maximum Gasteiger partial charge on any atom is 0.329 e. The van der Waals surface area contributed by atoms with Crippen molar-refractivity contribution in [1.82, 2.24) is 45.2 Å². The van der Waals surface area contributed by atoms with Crippen molar-refractivity contribution in [3.8, 4) is 28.3 Å². The van der Waals surface area contributed by atoms with Crippen LogP contribution in [0.5, 0.6) is 5.88 Å². The molecule has 3 N–H and O–H groups in total. The maximum atomic E-state index is 13.3. The fraction of sp³-hybridized carbons (Fsp3) is 0.261. The minimum absolute atomic E-state index is 0.0710. The number of para-hydroxylation sites is 1. The van der Waals surface area contributed by atoms with E-state index in [1.165, 1.54) is 10.6 Å². The molecule has 4 aromatic heterocycles. The zero-order valence-electron chi connectivity index (χ0n) is 34.9. The molecular weight excluding hydrogens is 823 g/mol. The molecule has 8 rings (SSSR count). The summed E-state index contributed by atoms with van der Waals surface area (Å²) < 4.78 is 33.4. The highest BCUT2D eigenvalue weighted by Crippen LogP contribution is 2.29. The van der Waals surface area contributed by atoms with Crippen LogP contribution in [0, 0.1) is 6.92 Å². The van der Waals surface area contributed by atoms with Crippen LogP contribution in [0.4, 0.5) is 0 Å². The monoisotopic (exact) mass is 867 g/mol. The van der Waals surface area contributed by atoms with Crippen molar-refractivity contribution in [2.45, 2.75) is 50.1 Å². The number of benzene rings is 3. The van der Waals surface area contributed by atoms with Gasteiger partial charge in [0, 0.05) is 49.7 Å². The maximum absolute atomic E-state index is 13.3. The van der Waals surface area contributed by atoms with E-state index in [-0.39, 0.29) is 35.0 Å². The Hall–Kier alpha value is -7.11. The Morgan fingerprint density at radius 1 is 0.905 bits per heavy atom. The summed E-state index contributed by atoms with van der Waals surface area (Å²) in [7, 11) is -1.78. The van der Waals surface area contributed by atoms with Gasteiger partial charge in [0.05, 0.1) is 39.4 Å². The van der Waals surface area contributed by atoms with E-state index in [4.69, 9.17) is 9.72 Å². The summed E-state index contributed by atoms with van der Waals surface area (Å²) in [6, 6.07) is 26.9. The standard InChI is InChI=1S/C46H45N9O7S/c1-28-12-13-33(24-40(28)63(3,60)61)44(57)49-27-34-26-37-36(53-52-34)15-14-35(50-37)32-9-4-8-30(23-32)31-18-20-48-42(25-31)62-22-21-47-19-6-10-29-7-5-11-38-43(29)54(2)46(59)55(38)39-16-17-41(56)51-45(39)58/h4-5,7-9,11-15,18,20,23-26,39,47H,6,10,16-17,19,21-22,27H2,1-3H3,(H,49,57)(H,51,56,58). The number of ether oxygens (including phenoxy) is 1. The number of imidazole rings is 1. The number of imide groups is 1. The van der Waals surface area contributed by atoms with Crippen molar-refractivity contribution in [3.63, 3.8) is 0 Å². The molecule has 3 aromatic carbocycles. The van der Waals surface area contributed by atoms with Crippen molar-refractivity contribution < 1.29 is 27.5 Å². The minimum Gasteiger partial charge on any atom is -0.476 e. The summed E-state index contributed by atoms with van der Waals surface area (Å²) in [5.41, 5.74) is 8.17. The second kappa shape index (κ2) is 18.1. The Morgan fingerprint density at radius 3 is 2.54 bits per heavy atom. The first-order chi connectivity index (χ1) is 30.3. The highest BCUT2D eigenvalue weighted by molar-refractivity contribution is 7.90. The van der Waals surface area contributed by atoms with E-state index in [0.717, 1.165) is 59.1 Å². The number of nitrogens with one attached hydrogen (secondary N) is 3. The van der Waals surface area contributed by atoms with E-state index in [1.54, 1.807) is 42.9 Å². The number of nitrogens with zero attached hydrogens (tertiary/aromatic N) is 6. The number of carbonyl (C=O) groups excluding carboxylic acids is 3. The van der Waals surface area contributed by atoms with Crippen molar-refractivity contribution in [1.29, 1.82) is 0 Å². The van der Waals surface area contributed by atoms with Gasteiger partial charge in [-0.3, -0.25) is 28.8 Å². The molecule has 0 radical (unpaired) electrons. The van der Waals surface area contributed by atoms with Crippen LogP contribution in [0.15, 0.2) is 107 Å². The van der Waals surface area contributed by atoms with Gasteiger partial charge < -0.3 is 15.4 Å². The van der Waals surface area contributed by atoms with Gasteiger partial charge in [0.25, 0.3) is 5.91 Å². The molecule has 3 amide bonds. The lowest BCUT2D eigenvalue weighted by Gasteiger charge is -2.22. The van der Waals surface area contributed by atoms with Crippen molar-refractivity contribution in [2.24, 2.45) is 7.05 Å². The molecule has 1 unspecified atom stereocenters. The van der Waals surface area contributed by atoms with Crippen LogP contribution in [-0.2, 0) is 39.4 Å². The molecule has 1 saturated heterocycles. The molecule has 1 aliphatic rings. The van der Waals surface area contributed by atoms with Crippen LogP contribution >= 0.6 is 0 Å². The lowest BCUT2D eigenvalue weighted by atomic mass is 10.0. The van der Waals surface area contributed by atoms with Crippen molar-refractivity contribution >= 4 is 49.6 Å². The number of aryl methyl sites for hydroxylation is 3. The average molecular weight is 868 g/mol. The molecule has 5 heterocycles. The van der Waals surface area contributed by atoms with Crippen LogP contribution < -0.4 is 26.4 Å². The van der Waals surface area contributed by atoms with E-state index in [1.807, 2.05) is 66.7 Å². The third-order valence-corrected chi connectivity index (χ3v) is 12.3. The highest BCUT2D eigenvalue weighted by atomic mass is 32.2. The molecule has 322 valence electrons. The number of carbonyl (C=O) groups is 3. The smallest absolute Gasteiger partial charge is 0.329 e. The SMILES string of the molecule is Cc1ccc(C(=O)NCc2cc3nc(-c4cccc(-c5ccnc(OCCNCCCc6cccc7c6n(C)c(=O)n7C6CCC(=O)NC6=O)c5)c4)ccc3nn2)cc1S(C)(=O)=O. The number of hydrogen-bond donors (Lipinski definition) is 3. The molecule has 0 spiro atoms. The van der Waals surface area contributed by atoms with Gasteiger partial charge in [-0.2, -0.15) is 5.10 Å². The minimum atomic E-state index is -3.49. The van der Waals surface area contributed by atoms with Crippen LogP contribution in [0.2, 0.25) is 0 Å². The lowest BCUT2D eigenvalue weighted by Crippen LogP contribution is -2.44. The Morgan fingerprint density at radius 2 is 1.71 bits per heavy atom. The van der Waals surface area contributed by atoms with Gasteiger partial charge in [0.1, 0.15) is 18.2 Å². The Kier molecular flexibility index (Phi) is 12.2. The van der Waals surface area contributed by atoms with Gasteiger partial charge in [-0.25, -0.2) is 23.2 Å². The number of aromatic nitrogens is 6. The first kappa shape index (κ1) is 42.6. The summed E-state index contributed by atoms with van der Waals surface area (Å²) in [6.45, 7) is 3.48. The summed E-state index contributed by atoms with van der Waals surface area (Å²) in [4.78, 5) is 59.9. The second-order valence-corrected chi connectivity index (χ2v) is 17.5. The van der Waals surface area contributed by atoms with E-state index in [9.17, 15) is 27.6 Å². The fourth-order valence-corrected chi connectivity index (χ4v) is 8.85. The molecule has 0 aliphatic carbocycles. The molecule has 1 fully saturated rings. The van der Waals surface area contributed by atoms with E-state index < -0.39 is 27.7 Å². The van der Waals surface area contributed by atoms with E-state index in [0.29, 0.717) is 53.3 Å². The number of hydrogen-bond acceptors (Lipinski definition) is 12. The average Bonchev–Trinajstić information content (AvgIpc) is 3.53. The number of rotatable bonds is 15. The topological polar surface area (TPSA) is 209 Å². The van der Waals surface area contributed by atoms with E-state index in [2.05, 4.69) is 31.1 Å². The Bertz CT molecular complexity index is 3090. The van der Waals surface area contributed by atoms with Crippen LogP contribution in [-0.4, -0.2) is 81.4 Å². The number of amides is 3. The molecule has 1 aliphatic heterocycles. The zero-order valence-corrected chi connectivity index (χ0v) is 35.7. The number of piperidine rings is 1. The summed E-state index contributed by atoms with van der Waals surface area (Å²) in [5.74, 6) is -0.708. The molecule has 7 aromatic rings. The molecule has 1 atom stereocenters. The number of sulfone groups is 1. The first-order valence-electron chi connectivity index (χ1n) is 20.5. The first-order valence-corrected chi connectivity index (χ1v) is 22.4. The number of fused-ring (bicyclic) bond motifs is 2. The van der Waals surface area contributed by atoms with Gasteiger partial charge in [-0.1, -0.05) is 36.4 Å². The second-order valence-electron chi connectivity index (χ2n) is 15.5. The third-order valence-electron chi connectivity index (χ3n) is 11.0. The van der Waals surface area contributed by atoms with Crippen LogP contribution in [0.25, 0.3) is 44.5 Å². The molecule has 0 saturated carbocycles. The van der Waals surface area contributed by atoms with Gasteiger partial charge in [0.15, 0.2) is 9.84 Å². The molecule has 0 bridgehead atoms. The van der Waals surface area contributed by atoms with Crippen molar-refractivity contribution in [2.75, 3.05) is 26.0 Å². The Labute approximate surface area is 362 Å². The Balaban J connectivity index is 0.848. The van der Waals surface area contributed by atoms with Crippen LogP contribution in [0.3, 0.4) is 0 Å². The quantitative estimate of drug-likeness (QED) is 0.0953. The lowest BCUT2D eigenvalue weighted by molar-refractivity contribution is -0.135. The number of pyridine rings is 2.